The van der Waals surface area contributed by atoms with E-state index in [2.05, 4.69) is 15.6 Å². The van der Waals surface area contributed by atoms with Gasteiger partial charge in [0.2, 0.25) is 17.7 Å². The second-order valence-corrected chi connectivity index (χ2v) is 8.72. The zero-order valence-corrected chi connectivity index (χ0v) is 20.8. The van der Waals surface area contributed by atoms with E-state index in [0.29, 0.717) is 31.7 Å². The van der Waals surface area contributed by atoms with Crippen LogP contribution in [-0.4, -0.2) is 65.9 Å². The Morgan fingerprint density at radius 1 is 0.892 bits per heavy atom. The lowest BCUT2D eigenvalue weighted by molar-refractivity contribution is -0.134. The number of nitrogens with zero attached hydrogens (tertiary/aromatic N) is 2. The molecule has 0 spiro atoms. The van der Waals surface area contributed by atoms with Crippen molar-refractivity contribution in [3.05, 3.63) is 72.4 Å². The lowest BCUT2D eigenvalue weighted by Crippen LogP contribution is -2.52. The Bertz CT molecular complexity index is 1180. The number of fused-ring (bicyclic) bond motifs is 1. The second kappa shape index (κ2) is 14.0. The van der Waals surface area contributed by atoms with Crippen molar-refractivity contribution in [2.45, 2.75) is 31.3 Å². The summed E-state index contributed by atoms with van der Waals surface area (Å²) in [6, 6.07) is 17.1. The topological polar surface area (TPSA) is 169 Å². The number of aromatic nitrogens is 1. The first kappa shape index (κ1) is 27.7. The average molecular weight is 506 g/mol. The maximum absolute atomic E-state index is 13.3. The number of amides is 3. The Balaban J connectivity index is 1.72. The number of nitrogens with two attached hydrogens (primary N) is 3. The van der Waals surface area contributed by atoms with E-state index in [1.54, 1.807) is 6.20 Å². The van der Waals surface area contributed by atoms with Crippen LogP contribution < -0.4 is 27.8 Å². The van der Waals surface area contributed by atoms with Gasteiger partial charge in [-0.2, -0.15) is 0 Å². The van der Waals surface area contributed by atoms with E-state index in [0.717, 1.165) is 16.3 Å². The summed E-state index contributed by atoms with van der Waals surface area (Å²) < 4.78 is 0. The van der Waals surface area contributed by atoms with Crippen molar-refractivity contribution in [3.63, 3.8) is 0 Å². The Kier molecular flexibility index (Phi) is 10.5. The molecule has 0 aliphatic carbocycles. The van der Waals surface area contributed by atoms with Crippen molar-refractivity contribution in [1.29, 1.82) is 0 Å². The minimum absolute atomic E-state index is 0.219. The molecule has 0 aliphatic rings. The molecule has 10 nitrogen and oxygen atoms in total. The molecular weight excluding hydrogens is 470 g/mol. The molecule has 1 aromatic heterocycles. The number of rotatable bonds is 13. The van der Waals surface area contributed by atoms with Gasteiger partial charge in [0.1, 0.15) is 11.9 Å². The fourth-order valence-corrected chi connectivity index (χ4v) is 4.01. The van der Waals surface area contributed by atoms with Crippen molar-refractivity contribution in [3.8, 4) is 0 Å². The molecule has 2 atom stereocenters. The number of carbonyl (C=O) groups is 3. The van der Waals surface area contributed by atoms with E-state index in [1.165, 1.54) is 4.90 Å². The van der Waals surface area contributed by atoms with Crippen LogP contribution in [0.3, 0.4) is 0 Å². The Morgan fingerprint density at radius 2 is 1.57 bits per heavy atom. The molecular formula is C27H35N7O3. The van der Waals surface area contributed by atoms with Gasteiger partial charge in [0.05, 0.1) is 12.5 Å². The van der Waals surface area contributed by atoms with Gasteiger partial charge in [0.25, 0.3) is 0 Å². The number of anilines is 1. The van der Waals surface area contributed by atoms with E-state index < -0.39 is 23.9 Å². The number of carbonyl (C=O) groups excluding carboxylic acids is 3. The summed E-state index contributed by atoms with van der Waals surface area (Å²) in [5.74, 6) is -0.919. The van der Waals surface area contributed by atoms with Gasteiger partial charge in [0.15, 0.2) is 0 Å². The Labute approximate surface area is 216 Å². The summed E-state index contributed by atoms with van der Waals surface area (Å²) in [5.41, 5.74) is 18.2. The maximum Gasteiger partial charge on any atom is 0.248 e. The van der Waals surface area contributed by atoms with Gasteiger partial charge >= 0.3 is 0 Å². The molecule has 10 heteroatoms. The van der Waals surface area contributed by atoms with Crippen molar-refractivity contribution in [1.82, 2.24) is 15.2 Å². The molecule has 196 valence electrons. The Hall–Kier alpha value is -3.86. The van der Waals surface area contributed by atoms with E-state index >= 15 is 0 Å². The number of nitrogens with one attached hydrogen (secondary N) is 2. The summed E-state index contributed by atoms with van der Waals surface area (Å²) in [5, 5.41) is 7.30. The van der Waals surface area contributed by atoms with Crippen molar-refractivity contribution < 1.29 is 14.4 Å². The molecule has 0 saturated heterocycles. The number of aryl methyl sites for hydroxylation is 1. The molecule has 0 unspecified atom stereocenters. The lowest BCUT2D eigenvalue weighted by Gasteiger charge is -2.24. The minimum Gasteiger partial charge on any atom is -0.343 e. The second-order valence-electron chi connectivity index (χ2n) is 8.72. The van der Waals surface area contributed by atoms with Crippen molar-refractivity contribution >= 4 is 34.3 Å². The van der Waals surface area contributed by atoms with E-state index in [9.17, 15) is 14.4 Å². The molecule has 1 heterocycles. The molecule has 0 fully saturated rings. The number of pyridine rings is 1. The van der Waals surface area contributed by atoms with Crippen LogP contribution in [0, 0.1) is 0 Å². The predicted octanol–water partition coefficient (Wildman–Crippen LogP) is 0.754. The van der Waals surface area contributed by atoms with Gasteiger partial charge in [-0.3, -0.25) is 14.4 Å². The third-order valence-corrected chi connectivity index (χ3v) is 5.99. The summed E-state index contributed by atoms with van der Waals surface area (Å²) in [6.07, 6.45) is 2.28. The Morgan fingerprint density at radius 3 is 2.27 bits per heavy atom. The molecule has 2 aromatic carbocycles. The molecule has 37 heavy (non-hydrogen) atoms. The predicted molar refractivity (Wildman–Crippen MR) is 144 cm³/mol. The monoisotopic (exact) mass is 505 g/mol. The summed E-state index contributed by atoms with van der Waals surface area (Å²) >= 11 is 0. The number of benzene rings is 2. The number of hydrogen-bond donors (Lipinski definition) is 5. The summed E-state index contributed by atoms with van der Waals surface area (Å²) in [7, 11) is 0. The lowest BCUT2D eigenvalue weighted by atomic mass is 10.0. The molecule has 0 radical (unpaired) electrons. The first-order valence-corrected chi connectivity index (χ1v) is 12.3. The smallest absolute Gasteiger partial charge is 0.248 e. The van der Waals surface area contributed by atoms with Crippen LogP contribution in [0.4, 0.5) is 5.82 Å². The van der Waals surface area contributed by atoms with Gasteiger partial charge in [-0.15, -0.1) is 0 Å². The third-order valence-electron chi connectivity index (χ3n) is 5.99. The third kappa shape index (κ3) is 8.07. The minimum atomic E-state index is -1.13. The molecule has 0 saturated carbocycles. The molecule has 8 N–H and O–H groups in total. The quantitative estimate of drug-likeness (QED) is 0.228. The van der Waals surface area contributed by atoms with Crippen molar-refractivity contribution in [2.75, 3.05) is 31.5 Å². The highest BCUT2D eigenvalue weighted by atomic mass is 16.2. The number of hydrogen-bond acceptors (Lipinski definition) is 7. The fraction of sp³-hybridized carbons (Fsp3) is 0.333. The van der Waals surface area contributed by atoms with Gasteiger partial charge in [-0.05, 0) is 29.9 Å². The van der Waals surface area contributed by atoms with Crippen LogP contribution in [0.5, 0.6) is 0 Å². The normalized spacial score (nSPS) is 12.5. The van der Waals surface area contributed by atoms with Crippen LogP contribution in [-0.2, 0) is 20.8 Å². The largest absolute Gasteiger partial charge is 0.343 e. The maximum atomic E-state index is 13.3. The standard InChI is InChI=1S/C27H35N7O3/c28-13-16-34(17-14-29)24(35)18-22(30)26(36)32-23(11-10-19-6-2-1-3-7-19)27(37)33-25-21-9-5-4-8-20(21)12-15-31-25/h1-9,12,15,22-23H,10-11,13-14,16-18,28-30H2,(H,32,36)(H,31,33,37)/t22-,23-/m0/s1. The average Bonchev–Trinajstić information content (AvgIpc) is 2.91. The van der Waals surface area contributed by atoms with Crippen molar-refractivity contribution in [2.24, 2.45) is 17.2 Å². The van der Waals surface area contributed by atoms with Gasteiger partial charge < -0.3 is 32.7 Å². The highest BCUT2D eigenvalue weighted by Crippen LogP contribution is 2.21. The zero-order valence-electron chi connectivity index (χ0n) is 20.8. The van der Waals surface area contributed by atoms with E-state index in [-0.39, 0.29) is 25.4 Å². The summed E-state index contributed by atoms with van der Waals surface area (Å²) in [6.45, 7) is 1.20. The zero-order chi connectivity index (χ0) is 26.6. The van der Waals surface area contributed by atoms with Crippen LogP contribution >= 0.6 is 0 Å². The molecule has 3 aromatic rings. The SMILES string of the molecule is NCCN(CCN)C(=O)C[C@H](N)C(=O)N[C@@H](CCc1ccccc1)C(=O)Nc1nccc2ccccc12. The summed E-state index contributed by atoms with van der Waals surface area (Å²) in [4.78, 5) is 44.7. The first-order chi connectivity index (χ1) is 17.9. The van der Waals surface area contributed by atoms with Gasteiger partial charge in [-0.25, -0.2) is 4.98 Å². The fourth-order valence-electron chi connectivity index (χ4n) is 4.01. The van der Waals surface area contributed by atoms with E-state index in [1.807, 2.05) is 60.7 Å². The molecule has 0 aliphatic heterocycles. The van der Waals surface area contributed by atoms with Crippen LogP contribution in [0.15, 0.2) is 66.9 Å². The van der Waals surface area contributed by atoms with Crippen LogP contribution in [0.25, 0.3) is 10.8 Å². The van der Waals surface area contributed by atoms with Gasteiger partial charge in [0, 0.05) is 37.8 Å². The molecule has 0 bridgehead atoms. The molecule has 3 rings (SSSR count). The first-order valence-electron chi connectivity index (χ1n) is 12.3. The van der Waals surface area contributed by atoms with Crippen LogP contribution in [0.1, 0.15) is 18.4 Å². The van der Waals surface area contributed by atoms with E-state index in [4.69, 9.17) is 17.2 Å². The highest BCUT2D eigenvalue weighted by Gasteiger charge is 2.27. The van der Waals surface area contributed by atoms with Crippen LogP contribution in [0.2, 0.25) is 0 Å². The van der Waals surface area contributed by atoms with Gasteiger partial charge in [-0.1, -0.05) is 54.6 Å². The highest BCUT2D eigenvalue weighted by molar-refractivity contribution is 6.03. The molecule has 3 amide bonds.